The number of hydrogen-bond acceptors (Lipinski definition) is 3. The molecular formula is C19H26N2O3. The Morgan fingerprint density at radius 3 is 2.33 bits per heavy atom. The highest BCUT2D eigenvalue weighted by molar-refractivity contribution is 5.97. The number of ketones is 1. The second-order valence-corrected chi connectivity index (χ2v) is 7.58. The molecule has 130 valence electrons. The Bertz CT molecular complexity index is 629. The van der Waals surface area contributed by atoms with Crippen LogP contribution in [0.1, 0.15) is 62.4 Å². The third kappa shape index (κ3) is 4.43. The quantitative estimate of drug-likeness (QED) is 0.888. The van der Waals surface area contributed by atoms with Crippen LogP contribution < -0.4 is 11.1 Å². The van der Waals surface area contributed by atoms with Crippen molar-refractivity contribution in [3.8, 4) is 0 Å². The maximum absolute atomic E-state index is 12.4. The molecule has 1 fully saturated rings. The molecule has 1 aromatic carbocycles. The van der Waals surface area contributed by atoms with Crippen molar-refractivity contribution >= 4 is 17.6 Å². The predicted octanol–water partition coefficient (Wildman–Crippen LogP) is 2.33. The summed E-state index contributed by atoms with van der Waals surface area (Å²) in [6.45, 7) is 6.31. The number of hydrogen-bond donors (Lipinski definition) is 2. The fourth-order valence-electron chi connectivity index (χ4n) is 3.11. The zero-order valence-electron chi connectivity index (χ0n) is 14.6. The first-order valence-corrected chi connectivity index (χ1v) is 8.41. The molecule has 0 spiro atoms. The molecule has 5 nitrogen and oxygen atoms in total. The summed E-state index contributed by atoms with van der Waals surface area (Å²) in [7, 11) is 0. The standard InChI is InChI=1S/C19H26N2O3/c1-19(2,3)14-9-7-12(8-10-14)18(24)21-16(17(20)23)13-5-4-6-15(22)11-13/h7-10,13,16H,4-6,11H2,1-3H3,(H2,20,23)(H,21,24)/t13-,16+/m1/s1. The lowest BCUT2D eigenvalue weighted by molar-refractivity contribution is -0.124. The number of benzene rings is 1. The highest BCUT2D eigenvalue weighted by Gasteiger charge is 2.32. The second kappa shape index (κ2) is 7.16. The van der Waals surface area contributed by atoms with Crippen molar-refractivity contribution < 1.29 is 14.4 Å². The minimum atomic E-state index is -0.802. The van der Waals surface area contributed by atoms with Crippen LogP contribution in [-0.4, -0.2) is 23.6 Å². The van der Waals surface area contributed by atoms with E-state index >= 15 is 0 Å². The summed E-state index contributed by atoms with van der Waals surface area (Å²) in [5.41, 5.74) is 7.07. The zero-order valence-corrected chi connectivity index (χ0v) is 14.6. The number of nitrogens with one attached hydrogen (secondary N) is 1. The van der Waals surface area contributed by atoms with Gasteiger partial charge in [0.05, 0.1) is 0 Å². The zero-order chi connectivity index (χ0) is 17.9. The van der Waals surface area contributed by atoms with Gasteiger partial charge in [0.1, 0.15) is 11.8 Å². The average molecular weight is 330 g/mol. The van der Waals surface area contributed by atoms with Crippen LogP contribution in [0.15, 0.2) is 24.3 Å². The Labute approximate surface area is 143 Å². The van der Waals surface area contributed by atoms with E-state index in [0.29, 0.717) is 18.4 Å². The van der Waals surface area contributed by atoms with Gasteiger partial charge >= 0.3 is 0 Å². The van der Waals surface area contributed by atoms with Gasteiger partial charge in [-0.1, -0.05) is 32.9 Å². The summed E-state index contributed by atoms with van der Waals surface area (Å²) >= 11 is 0. The van der Waals surface area contributed by atoms with Gasteiger partial charge in [-0.25, -0.2) is 0 Å². The Kier molecular flexibility index (Phi) is 5.42. The van der Waals surface area contributed by atoms with E-state index in [1.54, 1.807) is 12.1 Å². The molecule has 0 radical (unpaired) electrons. The van der Waals surface area contributed by atoms with E-state index in [4.69, 9.17) is 5.73 Å². The minimum absolute atomic E-state index is 0.00717. The van der Waals surface area contributed by atoms with E-state index in [1.807, 2.05) is 12.1 Å². The fourth-order valence-corrected chi connectivity index (χ4v) is 3.11. The molecule has 0 aromatic heterocycles. The Morgan fingerprint density at radius 2 is 1.83 bits per heavy atom. The predicted molar refractivity (Wildman–Crippen MR) is 92.6 cm³/mol. The summed E-state index contributed by atoms with van der Waals surface area (Å²) in [6.07, 6.45) is 2.31. The largest absolute Gasteiger partial charge is 0.368 e. The third-order valence-electron chi connectivity index (χ3n) is 4.60. The van der Waals surface area contributed by atoms with Crippen LogP contribution in [0.5, 0.6) is 0 Å². The van der Waals surface area contributed by atoms with E-state index in [1.165, 1.54) is 0 Å². The third-order valence-corrected chi connectivity index (χ3v) is 4.60. The van der Waals surface area contributed by atoms with Crippen LogP contribution in [0.3, 0.4) is 0 Å². The van der Waals surface area contributed by atoms with Crippen molar-refractivity contribution in [2.24, 2.45) is 11.7 Å². The molecule has 1 aliphatic carbocycles. The van der Waals surface area contributed by atoms with Gasteiger partial charge < -0.3 is 11.1 Å². The molecule has 0 bridgehead atoms. The van der Waals surface area contributed by atoms with Crippen molar-refractivity contribution in [3.05, 3.63) is 35.4 Å². The van der Waals surface area contributed by atoms with E-state index in [9.17, 15) is 14.4 Å². The molecule has 1 saturated carbocycles. The summed E-state index contributed by atoms with van der Waals surface area (Å²) in [4.78, 5) is 35.8. The van der Waals surface area contributed by atoms with Crippen LogP contribution in [0.2, 0.25) is 0 Å². The highest BCUT2D eigenvalue weighted by atomic mass is 16.2. The van der Waals surface area contributed by atoms with E-state index in [0.717, 1.165) is 18.4 Å². The molecule has 2 atom stereocenters. The van der Waals surface area contributed by atoms with Gasteiger partial charge in [-0.2, -0.15) is 0 Å². The average Bonchev–Trinajstić information content (AvgIpc) is 2.51. The Hall–Kier alpha value is -2.17. The summed E-state index contributed by atoms with van der Waals surface area (Å²) < 4.78 is 0. The molecule has 0 unspecified atom stereocenters. The van der Waals surface area contributed by atoms with Gasteiger partial charge in [0.25, 0.3) is 5.91 Å². The first kappa shape index (κ1) is 18.2. The molecule has 5 heteroatoms. The summed E-state index contributed by atoms with van der Waals surface area (Å²) in [5, 5.41) is 2.72. The van der Waals surface area contributed by atoms with Crippen molar-refractivity contribution in [1.29, 1.82) is 0 Å². The lowest BCUT2D eigenvalue weighted by Gasteiger charge is -2.28. The maximum atomic E-state index is 12.4. The van der Waals surface area contributed by atoms with Crippen molar-refractivity contribution in [3.63, 3.8) is 0 Å². The van der Waals surface area contributed by atoms with Gasteiger partial charge in [0.15, 0.2) is 0 Å². The van der Waals surface area contributed by atoms with Crippen molar-refractivity contribution in [1.82, 2.24) is 5.32 Å². The molecule has 0 aliphatic heterocycles. The smallest absolute Gasteiger partial charge is 0.251 e. The molecule has 1 aromatic rings. The van der Waals surface area contributed by atoms with Crippen LogP contribution >= 0.6 is 0 Å². The van der Waals surface area contributed by atoms with Gasteiger partial charge in [-0.3, -0.25) is 14.4 Å². The summed E-state index contributed by atoms with van der Waals surface area (Å²) in [6, 6.07) is 6.53. The molecule has 2 amide bonds. The molecule has 2 rings (SSSR count). The molecule has 1 aliphatic rings. The SMILES string of the molecule is CC(C)(C)c1ccc(C(=O)N[C@H](C(N)=O)[C@@H]2CCCC(=O)C2)cc1. The lowest BCUT2D eigenvalue weighted by Crippen LogP contribution is -2.50. The topological polar surface area (TPSA) is 89.3 Å². The number of Topliss-reactive ketones (excluding diaryl/α,β-unsaturated/α-hetero) is 1. The summed E-state index contributed by atoms with van der Waals surface area (Å²) in [5.74, 6) is -1.01. The highest BCUT2D eigenvalue weighted by Crippen LogP contribution is 2.25. The van der Waals surface area contributed by atoms with Crippen molar-refractivity contribution in [2.75, 3.05) is 0 Å². The van der Waals surface area contributed by atoms with Gasteiger partial charge in [-0.05, 0) is 41.9 Å². The van der Waals surface area contributed by atoms with E-state index in [-0.39, 0.29) is 23.0 Å². The minimum Gasteiger partial charge on any atom is -0.368 e. The number of amides is 2. The molecule has 3 N–H and O–H groups in total. The normalized spacial score (nSPS) is 19.6. The van der Waals surface area contributed by atoms with Gasteiger partial charge in [0.2, 0.25) is 5.91 Å². The monoisotopic (exact) mass is 330 g/mol. The second-order valence-electron chi connectivity index (χ2n) is 7.58. The van der Waals surface area contributed by atoms with Crippen LogP contribution in [0, 0.1) is 5.92 Å². The number of rotatable bonds is 4. The van der Waals surface area contributed by atoms with Crippen molar-refractivity contribution in [2.45, 2.75) is 57.9 Å². The molecule has 0 saturated heterocycles. The molecular weight excluding hydrogens is 304 g/mol. The van der Waals surface area contributed by atoms with Gasteiger partial charge in [-0.15, -0.1) is 0 Å². The first-order valence-electron chi connectivity index (χ1n) is 8.41. The first-order chi connectivity index (χ1) is 11.2. The number of primary amides is 1. The number of carbonyl (C=O) groups excluding carboxylic acids is 3. The number of nitrogens with two attached hydrogens (primary N) is 1. The van der Waals surface area contributed by atoms with Crippen LogP contribution in [0.25, 0.3) is 0 Å². The number of carbonyl (C=O) groups is 3. The van der Waals surface area contributed by atoms with E-state index in [2.05, 4.69) is 26.1 Å². The maximum Gasteiger partial charge on any atom is 0.251 e. The lowest BCUT2D eigenvalue weighted by atomic mass is 9.82. The Balaban J connectivity index is 2.10. The van der Waals surface area contributed by atoms with Gasteiger partial charge in [0, 0.05) is 18.4 Å². The van der Waals surface area contributed by atoms with E-state index < -0.39 is 11.9 Å². The van der Waals surface area contributed by atoms with Crippen LogP contribution in [-0.2, 0) is 15.0 Å². The Morgan fingerprint density at radius 1 is 1.21 bits per heavy atom. The molecule has 0 heterocycles. The molecule has 24 heavy (non-hydrogen) atoms. The fraction of sp³-hybridized carbons (Fsp3) is 0.526. The van der Waals surface area contributed by atoms with Crippen LogP contribution in [0.4, 0.5) is 0 Å².